The van der Waals surface area contributed by atoms with Crippen LogP contribution in [-0.2, 0) is 21.6 Å². The summed E-state index contributed by atoms with van der Waals surface area (Å²) in [6.45, 7) is 0. The van der Waals surface area contributed by atoms with Crippen molar-refractivity contribution in [1.82, 2.24) is 0 Å². The molecule has 2 fully saturated rings. The van der Waals surface area contributed by atoms with E-state index in [2.05, 4.69) is 0 Å². The highest BCUT2D eigenvalue weighted by molar-refractivity contribution is 7.93. The molecule has 0 saturated carbocycles. The average Bonchev–Trinajstić information content (AvgIpc) is 2.58. The fraction of sp³-hybridized carbons (Fsp3) is 0.571. The predicted octanol–water partition coefficient (Wildman–Crippen LogP) is 2.77. The number of hydrogen-bond acceptors (Lipinski definition) is 3. The van der Waals surface area contributed by atoms with Gasteiger partial charge in [0.15, 0.2) is 9.84 Å². The van der Waals surface area contributed by atoms with Gasteiger partial charge in [0, 0.05) is 0 Å². The summed E-state index contributed by atoms with van der Waals surface area (Å²) in [5.74, 6) is -1.10. The van der Waals surface area contributed by atoms with E-state index in [1.54, 1.807) is 0 Å². The monoisotopic (exact) mass is 338 g/mol. The van der Waals surface area contributed by atoms with Gasteiger partial charge >= 0.3 is 6.18 Å². The largest absolute Gasteiger partial charge is 0.416 e. The molecule has 2 aliphatic rings. The van der Waals surface area contributed by atoms with Crippen LogP contribution in [0.25, 0.3) is 0 Å². The Balaban J connectivity index is 2.03. The van der Waals surface area contributed by atoms with Crippen molar-refractivity contribution in [1.29, 1.82) is 0 Å². The van der Waals surface area contributed by atoms with Crippen LogP contribution in [-0.4, -0.2) is 24.0 Å². The molecule has 0 spiro atoms. The predicted molar refractivity (Wildman–Crippen MR) is 70.3 cm³/mol. The van der Waals surface area contributed by atoms with Crippen LogP contribution in [0.4, 0.5) is 17.6 Å². The Bertz CT molecular complexity index is 691. The second-order valence-corrected chi connectivity index (χ2v) is 8.59. The van der Waals surface area contributed by atoms with Crippen LogP contribution in [0.3, 0.4) is 0 Å². The van der Waals surface area contributed by atoms with Gasteiger partial charge < -0.3 is 5.11 Å². The van der Waals surface area contributed by atoms with Crippen molar-refractivity contribution in [2.75, 3.05) is 0 Å². The van der Waals surface area contributed by atoms with E-state index < -0.39 is 43.5 Å². The lowest BCUT2D eigenvalue weighted by atomic mass is 9.85. The van der Waals surface area contributed by atoms with E-state index in [9.17, 15) is 31.1 Å². The van der Waals surface area contributed by atoms with Crippen molar-refractivity contribution in [2.24, 2.45) is 0 Å². The van der Waals surface area contributed by atoms with Crippen molar-refractivity contribution in [3.05, 3.63) is 35.1 Å². The van der Waals surface area contributed by atoms with E-state index in [4.69, 9.17) is 0 Å². The quantitative estimate of drug-likeness (QED) is 0.801. The highest BCUT2D eigenvalue weighted by atomic mass is 32.2. The van der Waals surface area contributed by atoms with Crippen molar-refractivity contribution in [3.63, 3.8) is 0 Å². The van der Waals surface area contributed by atoms with Crippen molar-refractivity contribution in [3.8, 4) is 0 Å². The van der Waals surface area contributed by atoms with Gasteiger partial charge in [-0.2, -0.15) is 13.2 Å². The van der Waals surface area contributed by atoms with E-state index >= 15 is 0 Å². The number of sulfone groups is 1. The summed E-state index contributed by atoms with van der Waals surface area (Å²) in [6.07, 6.45) is -4.33. The second kappa shape index (κ2) is 4.67. The Morgan fingerprint density at radius 2 is 1.64 bits per heavy atom. The zero-order valence-electron chi connectivity index (χ0n) is 11.4. The van der Waals surface area contributed by atoms with E-state index in [1.165, 1.54) is 0 Å². The maximum absolute atomic E-state index is 13.5. The molecule has 0 aliphatic carbocycles. The number of hydrogen-bond donors (Lipinski definition) is 1. The van der Waals surface area contributed by atoms with Crippen LogP contribution in [0.2, 0.25) is 0 Å². The number of benzene rings is 1. The fourth-order valence-electron chi connectivity index (χ4n) is 3.50. The Labute approximate surface area is 124 Å². The van der Waals surface area contributed by atoms with Gasteiger partial charge in [-0.05, 0) is 49.4 Å². The first-order valence-electron chi connectivity index (χ1n) is 6.86. The van der Waals surface area contributed by atoms with E-state index in [0.29, 0.717) is 25.0 Å². The minimum Gasteiger partial charge on any atom is -0.385 e. The molecule has 122 valence electrons. The highest BCUT2D eigenvalue weighted by Gasteiger charge is 2.53. The smallest absolute Gasteiger partial charge is 0.385 e. The molecule has 2 bridgehead atoms. The molecule has 1 aromatic rings. The summed E-state index contributed by atoms with van der Waals surface area (Å²) in [6, 6.07) is 1.92. The minimum absolute atomic E-state index is 0.188. The summed E-state index contributed by atoms with van der Waals surface area (Å²) in [5.41, 5.74) is -3.12. The van der Waals surface area contributed by atoms with Crippen molar-refractivity contribution >= 4 is 9.84 Å². The molecular formula is C14H14F4O3S. The molecule has 2 unspecified atom stereocenters. The van der Waals surface area contributed by atoms with Crippen LogP contribution in [0.1, 0.15) is 36.8 Å². The van der Waals surface area contributed by atoms with Crippen LogP contribution in [0.5, 0.6) is 0 Å². The van der Waals surface area contributed by atoms with Crippen LogP contribution in [0, 0.1) is 5.82 Å². The van der Waals surface area contributed by atoms with Crippen molar-refractivity contribution < 1.29 is 31.1 Å². The van der Waals surface area contributed by atoms with E-state index in [0.717, 1.165) is 6.07 Å². The number of aliphatic hydroxyl groups is 1. The Kier molecular flexibility index (Phi) is 3.34. The molecule has 0 aromatic heterocycles. The highest BCUT2D eigenvalue weighted by Crippen LogP contribution is 2.48. The molecule has 1 N–H and O–H groups in total. The molecule has 2 atom stereocenters. The average molecular weight is 338 g/mol. The fourth-order valence-corrected chi connectivity index (χ4v) is 5.99. The van der Waals surface area contributed by atoms with Gasteiger partial charge in [0.05, 0.1) is 21.7 Å². The molecule has 0 amide bonds. The van der Waals surface area contributed by atoms with Gasteiger partial charge in [-0.25, -0.2) is 12.8 Å². The molecule has 2 saturated heterocycles. The summed E-state index contributed by atoms with van der Waals surface area (Å²) >= 11 is 0. The molecule has 1 aromatic carbocycles. The first-order chi connectivity index (χ1) is 10.0. The van der Waals surface area contributed by atoms with Crippen molar-refractivity contribution in [2.45, 2.75) is 48.0 Å². The SMILES string of the molecule is O=S1(=O)C2CCC1CC(O)(c1cc(F)cc(C(F)(F)F)c1)C2. The summed E-state index contributed by atoms with van der Waals surface area (Å²) in [7, 11) is -3.33. The van der Waals surface area contributed by atoms with E-state index in [1.807, 2.05) is 0 Å². The molecular weight excluding hydrogens is 324 g/mol. The third kappa shape index (κ3) is 2.42. The van der Waals surface area contributed by atoms with Crippen LogP contribution in [0.15, 0.2) is 18.2 Å². The van der Waals surface area contributed by atoms with Crippen LogP contribution < -0.4 is 0 Å². The number of halogens is 4. The normalized spacial score (nSPS) is 33.9. The zero-order chi connectivity index (χ0) is 16.3. The third-order valence-corrected chi connectivity index (χ3v) is 7.30. The maximum atomic E-state index is 13.5. The molecule has 3 nitrogen and oxygen atoms in total. The number of alkyl halides is 3. The Morgan fingerprint density at radius 1 is 1.09 bits per heavy atom. The van der Waals surface area contributed by atoms with Gasteiger partial charge in [-0.15, -0.1) is 0 Å². The molecule has 8 heteroatoms. The lowest BCUT2D eigenvalue weighted by Gasteiger charge is -2.36. The zero-order valence-corrected chi connectivity index (χ0v) is 12.2. The summed E-state index contributed by atoms with van der Waals surface area (Å²) in [4.78, 5) is 0. The Hall–Kier alpha value is -1.15. The number of rotatable bonds is 1. The standard InChI is InChI=1S/C14H14F4O3S/c15-10-4-8(3-9(5-10)14(16,17)18)13(19)6-11-1-2-12(7-13)22(11,20)21/h3-5,11-12,19H,1-2,6-7H2. The lowest BCUT2D eigenvalue weighted by Crippen LogP contribution is -2.43. The van der Waals surface area contributed by atoms with Gasteiger partial charge in [0.25, 0.3) is 0 Å². The maximum Gasteiger partial charge on any atom is 0.416 e. The first-order valence-corrected chi connectivity index (χ1v) is 8.47. The third-order valence-electron chi connectivity index (χ3n) is 4.63. The molecule has 2 heterocycles. The van der Waals surface area contributed by atoms with E-state index in [-0.39, 0.29) is 18.4 Å². The molecule has 0 radical (unpaired) electrons. The lowest BCUT2D eigenvalue weighted by molar-refractivity contribution is -0.138. The van der Waals surface area contributed by atoms with Gasteiger partial charge in [0.2, 0.25) is 0 Å². The van der Waals surface area contributed by atoms with Gasteiger partial charge in [0.1, 0.15) is 5.82 Å². The Morgan fingerprint density at radius 3 is 2.14 bits per heavy atom. The van der Waals surface area contributed by atoms with Crippen LogP contribution >= 0.6 is 0 Å². The second-order valence-electron chi connectivity index (χ2n) is 6.08. The molecule has 22 heavy (non-hydrogen) atoms. The first kappa shape index (κ1) is 15.7. The number of fused-ring (bicyclic) bond motifs is 2. The summed E-state index contributed by atoms with van der Waals surface area (Å²) < 4.78 is 75.9. The molecule has 3 rings (SSSR count). The van der Waals surface area contributed by atoms with Gasteiger partial charge in [-0.1, -0.05) is 0 Å². The minimum atomic E-state index is -4.73. The topological polar surface area (TPSA) is 54.4 Å². The molecule has 2 aliphatic heterocycles. The summed E-state index contributed by atoms with van der Waals surface area (Å²) in [5, 5.41) is 9.13. The van der Waals surface area contributed by atoms with Gasteiger partial charge in [-0.3, -0.25) is 0 Å².